The van der Waals surface area contributed by atoms with Gasteiger partial charge in [-0.05, 0) is 55.5 Å². The number of cyclic esters (lactones) is 1. The number of benzene rings is 2. The van der Waals surface area contributed by atoms with Crippen LogP contribution in [0.15, 0.2) is 54.6 Å². The van der Waals surface area contributed by atoms with Crippen LogP contribution >= 0.6 is 0 Å². The molecule has 5 nitrogen and oxygen atoms in total. The van der Waals surface area contributed by atoms with Crippen molar-refractivity contribution in [2.75, 3.05) is 6.61 Å². The van der Waals surface area contributed by atoms with E-state index in [0.29, 0.717) is 6.42 Å². The van der Waals surface area contributed by atoms with Crippen LogP contribution in [0, 0.1) is 5.92 Å². The fraction of sp³-hybridized carbons (Fsp3) is 0.536. The summed E-state index contributed by atoms with van der Waals surface area (Å²) >= 11 is 0. The van der Waals surface area contributed by atoms with Gasteiger partial charge in [0.1, 0.15) is 17.6 Å². The number of hydrogen-bond acceptors (Lipinski definition) is 5. The standard InChI is InChI=1S/C28H36O5/c1-2-3-4-8-13-24-26(33-28(24)29)20-25(32-27-14-9-10-19-30-27)21-15-17-23(18-16-21)31-22-11-6-5-7-12-22/h5-7,11-12,15-18,24-27H,2-4,8-10,13-14,19-20H2,1H3/t24-,25?,26-,27?/m0/s1. The fourth-order valence-electron chi connectivity index (χ4n) is 4.56. The van der Waals surface area contributed by atoms with E-state index in [1.54, 1.807) is 0 Å². The predicted octanol–water partition coefficient (Wildman–Crippen LogP) is 6.97. The van der Waals surface area contributed by atoms with E-state index in [-0.39, 0.29) is 30.4 Å². The first-order chi connectivity index (χ1) is 16.2. The molecule has 5 heteroatoms. The molecule has 0 spiro atoms. The predicted molar refractivity (Wildman–Crippen MR) is 127 cm³/mol. The topological polar surface area (TPSA) is 54.0 Å². The summed E-state index contributed by atoms with van der Waals surface area (Å²) in [6.07, 6.45) is 8.83. The number of rotatable bonds is 12. The average molecular weight is 453 g/mol. The largest absolute Gasteiger partial charge is 0.461 e. The Hall–Kier alpha value is -2.37. The number of hydrogen-bond donors (Lipinski definition) is 0. The van der Waals surface area contributed by atoms with E-state index in [2.05, 4.69) is 6.92 Å². The van der Waals surface area contributed by atoms with Gasteiger partial charge in [0.05, 0.1) is 12.0 Å². The van der Waals surface area contributed by atoms with Crippen LogP contribution in [0.2, 0.25) is 0 Å². The fourth-order valence-corrected chi connectivity index (χ4v) is 4.56. The van der Waals surface area contributed by atoms with Crippen molar-refractivity contribution in [1.29, 1.82) is 0 Å². The summed E-state index contributed by atoms with van der Waals surface area (Å²) in [5.74, 6) is 1.51. The molecule has 4 rings (SSSR count). The van der Waals surface area contributed by atoms with Gasteiger partial charge in [-0.1, -0.05) is 62.9 Å². The molecule has 2 aromatic carbocycles. The lowest BCUT2D eigenvalue weighted by Gasteiger charge is -2.38. The lowest BCUT2D eigenvalue weighted by Crippen LogP contribution is -2.46. The molecule has 0 aliphatic carbocycles. The molecule has 0 N–H and O–H groups in total. The maximum Gasteiger partial charge on any atom is 0.313 e. The summed E-state index contributed by atoms with van der Waals surface area (Å²) < 4.78 is 23.8. The highest BCUT2D eigenvalue weighted by Gasteiger charge is 2.43. The molecule has 0 aromatic heterocycles. The third-order valence-corrected chi connectivity index (χ3v) is 6.52. The van der Waals surface area contributed by atoms with E-state index in [9.17, 15) is 4.79 Å². The van der Waals surface area contributed by atoms with Gasteiger partial charge in [-0.25, -0.2) is 0 Å². The molecular weight excluding hydrogens is 416 g/mol. The molecule has 0 radical (unpaired) electrons. The summed E-state index contributed by atoms with van der Waals surface area (Å²) in [5.41, 5.74) is 1.05. The number of para-hydroxylation sites is 1. The molecule has 2 aromatic rings. The van der Waals surface area contributed by atoms with E-state index in [1.807, 2.05) is 54.6 Å². The molecule has 0 saturated carbocycles. The highest BCUT2D eigenvalue weighted by Crippen LogP contribution is 2.37. The molecule has 2 unspecified atom stereocenters. The molecule has 178 valence electrons. The van der Waals surface area contributed by atoms with Crippen LogP contribution in [0.4, 0.5) is 0 Å². The molecule has 2 heterocycles. The van der Waals surface area contributed by atoms with E-state index in [0.717, 1.165) is 55.8 Å². The van der Waals surface area contributed by atoms with Crippen LogP contribution in [0.25, 0.3) is 0 Å². The maximum absolute atomic E-state index is 12.1. The minimum absolute atomic E-state index is 0.0130. The number of ether oxygens (including phenoxy) is 4. The summed E-state index contributed by atoms with van der Waals surface area (Å²) in [5, 5.41) is 0. The number of carbonyl (C=O) groups is 1. The lowest BCUT2D eigenvalue weighted by atomic mass is 9.86. The number of unbranched alkanes of at least 4 members (excludes halogenated alkanes) is 3. The van der Waals surface area contributed by atoms with Gasteiger partial charge in [0, 0.05) is 13.0 Å². The van der Waals surface area contributed by atoms with Crippen molar-refractivity contribution >= 4 is 5.97 Å². The Morgan fingerprint density at radius 2 is 1.76 bits per heavy atom. The second-order valence-electron chi connectivity index (χ2n) is 9.07. The van der Waals surface area contributed by atoms with Gasteiger partial charge in [0.25, 0.3) is 0 Å². The highest BCUT2D eigenvalue weighted by molar-refractivity contribution is 5.78. The maximum atomic E-state index is 12.1. The molecule has 2 aliphatic rings. The van der Waals surface area contributed by atoms with Gasteiger partial charge in [0.2, 0.25) is 0 Å². The third-order valence-electron chi connectivity index (χ3n) is 6.52. The molecular formula is C28H36O5. The first kappa shape index (κ1) is 23.8. The lowest BCUT2D eigenvalue weighted by molar-refractivity contribution is -0.211. The molecule has 0 amide bonds. The smallest absolute Gasteiger partial charge is 0.313 e. The quantitative estimate of drug-likeness (QED) is 0.257. The molecule has 4 atom stereocenters. The summed E-state index contributed by atoms with van der Waals surface area (Å²) in [6, 6.07) is 17.8. The minimum atomic E-state index is -0.206. The van der Waals surface area contributed by atoms with Gasteiger partial charge >= 0.3 is 5.97 Å². The van der Waals surface area contributed by atoms with Crippen molar-refractivity contribution in [1.82, 2.24) is 0 Å². The van der Waals surface area contributed by atoms with Crippen molar-refractivity contribution in [2.45, 2.75) is 83.2 Å². The van der Waals surface area contributed by atoms with Gasteiger partial charge in [-0.3, -0.25) is 4.79 Å². The van der Waals surface area contributed by atoms with E-state index >= 15 is 0 Å². The summed E-state index contributed by atoms with van der Waals surface area (Å²) in [6.45, 7) is 2.94. The van der Waals surface area contributed by atoms with E-state index < -0.39 is 0 Å². The second-order valence-corrected chi connectivity index (χ2v) is 9.07. The summed E-state index contributed by atoms with van der Waals surface area (Å²) in [4.78, 5) is 12.1. The molecule has 0 bridgehead atoms. The van der Waals surface area contributed by atoms with E-state index in [4.69, 9.17) is 18.9 Å². The summed E-state index contributed by atoms with van der Waals surface area (Å²) in [7, 11) is 0. The van der Waals surface area contributed by atoms with Gasteiger partial charge in [0.15, 0.2) is 6.29 Å². The SMILES string of the molecule is CCCCCC[C@@H]1C(=O)O[C@H]1CC(OC1CCCCO1)c1ccc(Oc2ccccc2)cc1. The van der Waals surface area contributed by atoms with Crippen molar-refractivity contribution in [3.8, 4) is 11.5 Å². The Kier molecular flexibility index (Phi) is 8.79. The van der Waals surface area contributed by atoms with Crippen LogP contribution in [0.3, 0.4) is 0 Å². The molecule has 2 fully saturated rings. The third kappa shape index (κ3) is 6.81. The Morgan fingerprint density at radius 3 is 2.45 bits per heavy atom. The van der Waals surface area contributed by atoms with Crippen LogP contribution in [0.5, 0.6) is 11.5 Å². The Balaban J connectivity index is 1.41. The van der Waals surface area contributed by atoms with Gasteiger partial charge in [-0.2, -0.15) is 0 Å². The van der Waals surface area contributed by atoms with Gasteiger partial charge < -0.3 is 18.9 Å². The van der Waals surface area contributed by atoms with Crippen molar-refractivity contribution in [2.24, 2.45) is 5.92 Å². The van der Waals surface area contributed by atoms with Crippen molar-refractivity contribution < 1.29 is 23.7 Å². The van der Waals surface area contributed by atoms with Gasteiger partial charge in [-0.15, -0.1) is 0 Å². The van der Waals surface area contributed by atoms with Crippen LogP contribution in [0.1, 0.15) is 76.4 Å². The zero-order valence-corrected chi connectivity index (χ0v) is 19.6. The van der Waals surface area contributed by atoms with Crippen molar-refractivity contribution in [3.63, 3.8) is 0 Å². The van der Waals surface area contributed by atoms with E-state index in [1.165, 1.54) is 19.3 Å². The second kappa shape index (κ2) is 12.2. The number of carbonyl (C=O) groups excluding carboxylic acids is 1. The van der Waals surface area contributed by atoms with Crippen LogP contribution in [-0.4, -0.2) is 25.0 Å². The normalized spacial score (nSPS) is 23.4. The zero-order chi connectivity index (χ0) is 22.9. The highest BCUT2D eigenvalue weighted by atomic mass is 16.7. The zero-order valence-electron chi connectivity index (χ0n) is 19.6. The van der Waals surface area contributed by atoms with Crippen LogP contribution < -0.4 is 4.74 Å². The minimum Gasteiger partial charge on any atom is -0.461 e. The monoisotopic (exact) mass is 452 g/mol. The Bertz CT molecular complexity index is 844. The molecule has 33 heavy (non-hydrogen) atoms. The first-order valence-electron chi connectivity index (χ1n) is 12.5. The Morgan fingerprint density at radius 1 is 0.970 bits per heavy atom. The van der Waals surface area contributed by atoms with Crippen molar-refractivity contribution in [3.05, 3.63) is 60.2 Å². The molecule has 2 aliphatic heterocycles. The Labute approximate surface area is 197 Å². The number of esters is 1. The molecule has 2 saturated heterocycles. The first-order valence-corrected chi connectivity index (χ1v) is 12.5. The van der Waals surface area contributed by atoms with Crippen LogP contribution in [-0.2, 0) is 19.0 Å². The average Bonchev–Trinajstić information content (AvgIpc) is 2.85.